The fourth-order valence-corrected chi connectivity index (χ4v) is 18.8. The number of rotatable bonds is 21. The number of amides is 2. The molecule has 2 aliphatic heterocycles. The fraction of sp³-hybridized carbons (Fsp3) is 0.630. The monoisotopic (exact) mass is 904 g/mol. The predicted octanol–water partition coefficient (Wildman–Crippen LogP) is 18.4. The molecule has 0 aliphatic carbocycles. The normalized spacial score (nSPS) is 18.1. The van der Waals surface area contributed by atoms with E-state index in [4.69, 9.17) is 0 Å². The summed E-state index contributed by atoms with van der Waals surface area (Å²) in [6, 6.07) is 15.1. The molecule has 0 spiro atoms. The highest BCUT2D eigenvalue weighted by Gasteiger charge is 2.48. The van der Waals surface area contributed by atoms with Crippen molar-refractivity contribution in [2.45, 2.75) is 212 Å². The number of aryl methyl sites for hydroxylation is 1. The van der Waals surface area contributed by atoms with Crippen molar-refractivity contribution in [3.05, 3.63) is 62.8 Å². The molecule has 3 unspecified atom stereocenters. The SMILES string of the molecule is CC.CCCCCCCCc1ccc(S2(CC(CC)CCCC)c3cc(-c4sc(C(C)(C)C)c5c4C(=O)N(CC(CC)CCCC)C5=O)sc3-c3sc(C(C)(C)C)cc32)cc1. The molecule has 0 N–H and O–H groups in total. The number of carbonyl (C=O) groups is 2. The molecule has 0 bridgehead atoms. The van der Waals surface area contributed by atoms with Crippen LogP contribution in [0, 0.1) is 11.8 Å². The van der Waals surface area contributed by atoms with E-state index in [1.54, 1.807) is 21.1 Å². The number of hydrogen-bond acceptors (Lipinski definition) is 5. The Morgan fingerprint density at radius 1 is 0.607 bits per heavy atom. The van der Waals surface area contributed by atoms with Crippen LogP contribution in [0.2, 0.25) is 0 Å². The van der Waals surface area contributed by atoms with Gasteiger partial charge in [-0.15, -0.1) is 34.0 Å². The maximum Gasteiger partial charge on any atom is 0.263 e. The van der Waals surface area contributed by atoms with E-state index in [2.05, 4.69) is 113 Å². The van der Waals surface area contributed by atoms with Crippen LogP contribution in [0.25, 0.3) is 19.5 Å². The van der Waals surface area contributed by atoms with Gasteiger partial charge in [0.1, 0.15) is 0 Å². The first-order valence-electron chi connectivity index (χ1n) is 24.4. The van der Waals surface area contributed by atoms with E-state index in [0.29, 0.717) is 29.5 Å². The quantitative estimate of drug-likeness (QED) is 0.0617. The number of imide groups is 1. The Kier molecular flexibility index (Phi) is 17.7. The number of nitrogens with zero attached hydrogens (tertiary/aromatic N) is 1. The van der Waals surface area contributed by atoms with Gasteiger partial charge in [-0.1, -0.05) is 173 Å². The molecule has 0 saturated carbocycles. The Morgan fingerprint density at radius 2 is 1.16 bits per heavy atom. The van der Waals surface area contributed by atoms with Crippen molar-refractivity contribution in [1.82, 2.24) is 4.90 Å². The highest BCUT2D eigenvalue weighted by Crippen LogP contribution is 2.80. The van der Waals surface area contributed by atoms with Crippen LogP contribution in [-0.4, -0.2) is 29.0 Å². The van der Waals surface area contributed by atoms with Gasteiger partial charge in [0.25, 0.3) is 11.8 Å². The second-order valence-corrected chi connectivity index (χ2v) is 26.0. The average Bonchev–Trinajstić information content (AvgIpc) is 4.05. The lowest BCUT2D eigenvalue weighted by Crippen LogP contribution is -2.35. The minimum Gasteiger partial charge on any atom is -0.274 e. The molecule has 3 aromatic heterocycles. The van der Waals surface area contributed by atoms with Crippen LogP contribution < -0.4 is 0 Å². The minimum absolute atomic E-state index is 0.0493. The number of benzene rings is 1. The number of carbonyl (C=O) groups excluding carboxylic acids is 2. The van der Waals surface area contributed by atoms with Gasteiger partial charge in [0.15, 0.2) is 0 Å². The van der Waals surface area contributed by atoms with Crippen LogP contribution in [0.15, 0.2) is 51.1 Å². The molecule has 2 aliphatic rings. The van der Waals surface area contributed by atoms with Crippen LogP contribution in [0.4, 0.5) is 0 Å². The van der Waals surface area contributed by atoms with Crippen LogP contribution in [0.3, 0.4) is 0 Å². The molecule has 0 radical (unpaired) electrons. The largest absolute Gasteiger partial charge is 0.274 e. The Balaban J connectivity index is 0.00000347. The van der Waals surface area contributed by atoms with Crippen molar-refractivity contribution in [2.24, 2.45) is 11.8 Å². The number of fused-ring (bicyclic) bond motifs is 4. The van der Waals surface area contributed by atoms with Gasteiger partial charge in [-0.05, 0) is 88.8 Å². The highest BCUT2D eigenvalue weighted by atomic mass is 32.3. The van der Waals surface area contributed by atoms with E-state index in [1.807, 2.05) is 36.5 Å². The molecule has 0 fully saturated rings. The van der Waals surface area contributed by atoms with Gasteiger partial charge in [0.2, 0.25) is 0 Å². The minimum atomic E-state index is -1.61. The summed E-state index contributed by atoms with van der Waals surface area (Å²) >= 11 is 5.62. The maximum absolute atomic E-state index is 14.7. The second kappa shape index (κ2) is 21.7. The summed E-state index contributed by atoms with van der Waals surface area (Å²) in [4.78, 5) is 42.9. The van der Waals surface area contributed by atoms with E-state index in [0.717, 1.165) is 47.6 Å². The summed E-state index contributed by atoms with van der Waals surface area (Å²) in [5.74, 6) is 1.96. The van der Waals surface area contributed by atoms with Gasteiger partial charge in [-0.25, -0.2) is 0 Å². The van der Waals surface area contributed by atoms with E-state index in [-0.39, 0.29) is 22.6 Å². The zero-order valence-corrected chi connectivity index (χ0v) is 43.8. The summed E-state index contributed by atoms with van der Waals surface area (Å²) in [6.45, 7) is 29.7. The van der Waals surface area contributed by atoms with Crippen molar-refractivity contribution >= 4 is 55.9 Å². The van der Waals surface area contributed by atoms with Crippen molar-refractivity contribution in [1.29, 1.82) is 0 Å². The average molecular weight is 905 g/mol. The molecule has 7 heteroatoms. The molecule has 3 atom stereocenters. The van der Waals surface area contributed by atoms with E-state index in [1.165, 1.54) is 99.1 Å². The zero-order chi connectivity index (χ0) is 44.7. The zero-order valence-electron chi connectivity index (χ0n) is 40.5. The molecule has 3 nitrogen and oxygen atoms in total. The van der Waals surface area contributed by atoms with E-state index < -0.39 is 10.0 Å². The van der Waals surface area contributed by atoms with E-state index >= 15 is 0 Å². The molecule has 61 heavy (non-hydrogen) atoms. The maximum atomic E-state index is 14.7. The highest BCUT2D eigenvalue weighted by molar-refractivity contribution is 8.34. The number of unbranched alkanes of at least 4 members (excludes halogenated alkanes) is 7. The van der Waals surface area contributed by atoms with Gasteiger partial charge in [0.05, 0.1) is 25.8 Å². The molecular weight excluding hydrogens is 823 g/mol. The first kappa shape index (κ1) is 49.8. The molecule has 5 heterocycles. The number of hydrogen-bond donors (Lipinski definition) is 0. The Labute approximate surface area is 386 Å². The predicted molar refractivity (Wildman–Crippen MR) is 272 cm³/mol. The van der Waals surface area contributed by atoms with Gasteiger partial charge in [0, 0.05) is 31.0 Å². The Morgan fingerprint density at radius 3 is 1.75 bits per heavy atom. The third kappa shape index (κ3) is 10.5. The standard InChI is InChI=1S/C52H75NO2S4.C2H6/c1-12-17-20-21-22-23-26-37-27-29-38(30-28-37)59(34-36(16-5)25-19-14-3)40-31-39(56-46(40)47-41(59)32-42(57-47)51(6,7)8)45-43-44(48(58-45)52(9,10)11)50(55)53(49(43)54)33-35(15-4)24-18-13-2;1-2/h27-32,35-36H,12-26,33-34H2,1-11H3;1-2H3. The molecule has 2 amide bonds. The van der Waals surface area contributed by atoms with Crippen molar-refractivity contribution in [3.8, 4) is 19.5 Å². The lowest BCUT2D eigenvalue weighted by Gasteiger charge is -2.41. The van der Waals surface area contributed by atoms with Crippen LogP contribution in [0.5, 0.6) is 0 Å². The Hall–Kier alpha value is -2.19. The summed E-state index contributed by atoms with van der Waals surface area (Å²) in [5.41, 5.74) is 2.60. The molecule has 1 aromatic carbocycles. The van der Waals surface area contributed by atoms with E-state index in [9.17, 15) is 9.59 Å². The summed E-state index contributed by atoms with van der Waals surface area (Å²) in [6.07, 6.45) is 18.3. The van der Waals surface area contributed by atoms with Crippen molar-refractivity contribution in [3.63, 3.8) is 0 Å². The van der Waals surface area contributed by atoms with Crippen molar-refractivity contribution < 1.29 is 9.59 Å². The first-order chi connectivity index (χ1) is 29.1. The smallest absolute Gasteiger partial charge is 0.263 e. The molecule has 6 rings (SSSR count). The molecule has 0 saturated heterocycles. The van der Waals surface area contributed by atoms with Gasteiger partial charge < -0.3 is 0 Å². The molecular formula is C54H81NO2S4. The molecule has 4 aromatic rings. The summed E-state index contributed by atoms with van der Waals surface area (Å²) in [7, 11) is -1.61. The van der Waals surface area contributed by atoms with Crippen LogP contribution in [-0.2, 0) is 17.3 Å². The molecule has 338 valence electrons. The summed E-state index contributed by atoms with van der Waals surface area (Å²) < 4.78 is 0. The lowest BCUT2D eigenvalue weighted by atomic mass is 9.90. The summed E-state index contributed by atoms with van der Waals surface area (Å²) in [5, 5.41) is 0. The first-order valence-corrected chi connectivity index (χ1v) is 28.6. The van der Waals surface area contributed by atoms with Gasteiger partial charge >= 0.3 is 0 Å². The third-order valence-corrected chi connectivity index (χ3v) is 22.1. The van der Waals surface area contributed by atoms with Crippen LogP contribution >= 0.6 is 44.0 Å². The van der Waals surface area contributed by atoms with Crippen LogP contribution in [0.1, 0.15) is 216 Å². The topological polar surface area (TPSA) is 37.4 Å². The fourth-order valence-electron chi connectivity index (χ4n) is 9.21. The van der Waals surface area contributed by atoms with Gasteiger partial charge in [-0.3, -0.25) is 14.5 Å². The third-order valence-electron chi connectivity index (χ3n) is 13.0. The second-order valence-electron chi connectivity index (χ2n) is 19.7. The number of thiophene rings is 3. The van der Waals surface area contributed by atoms with Crippen molar-refractivity contribution in [2.75, 3.05) is 12.3 Å². The van der Waals surface area contributed by atoms with Gasteiger partial charge in [-0.2, -0.15) is 10.0 Å². The Bertz CT molecular complexity index is 2050. The lowest BCUT2D eigenvalue weighted by molar-refractivity contribution is 0.0623.